The Hall–Kier alpha value is -0.610. The zero-order valence-electron chi connectivity index (χ0n) is 7.03. The molecule has 0 aromatic rings. The van der Waals surface area contributed by atoms with E-state index in [0.29, 0.717) is 0 Å². The van der Waals surface area contributed by atoms with Crippen LogP contribution in [0.25, 0.3) is 0 Å². The Morgan fingerprint density at radius 2 is 1.91 bits per heavy atom. The van der Waals surface area contributed by atoms with E-state index in [1.165, 1.54) is 13.8 Å². The van der Waals surface area contributed by atoms with Crippen molar-refractivity contribution >= 4 is 5.97 Å². The van der Waals surface area contributed by atoms with Crippen molar-refractivity contribution in [1.82, 2.24) is 0 Å². The third-order valence-electron chi connectivity index (χ3n) is 1.79. The molecule has 4 heteroatoms. The highest BCUT2D eigenvalue weighted by Gasteiger charge is 2.37. The van der Waals surface area contributed by atoms with Crippen molar-refractivity contribution in [3.8, 4) is 0 Å². The van der Waals surface area contributed by atoms with Crippen molar-refractivity contribution in [2.24, 2.45) is 11.1 Å². The van der Waals surface area contributed by atoms with Gasteiger partial charge in [-0.1, -0.05) is 0 Å². The molecule has 0 aromatic heterocycles. The van der Waals surface area contributed by atoms with Crippen LogP contribution in [0.15, 0.2) is 0 Å². The minimum absolute atomic E-state index is 0.527. The standard InChI is InChI=1S/C7H15NO3/c1-4(8)5(9)7(2,3)6(10)11/h4-5,9H,8H2,1-3H3,(H,10,11)/t4-,5?/m0/s1. The number of carboxylic acid groups (broad SMARTS) is 1. The van der Waals surface area contributed by atoms with Crippen LogP contribution in [0.3, 0.4) is 0 Å². The summed E-state index contributed by atoms with van der Waals surface area (Å²) in [4.78, 5) is 10.6. The van der Waals surface area contributed by atoms with Gasteiger partial charge in [0.15, 0.2) is 0 Å². The van der Waals surface area contributed by atoms with Crippen LogP contribution in [-0.4, -0.2) is 28.3 Å². The van der Waals surface area contributed by atoms with Crippen LogP contribution in [0.5, 0.6) is 0 Å². The van der Waals surface area contributed by atoms with E-state index in [1.54, 1.807) is 6.92 Å². The Balaban J connectivity index is 4.42. The molecule has 0 spiro atoms. The summed E-state index contributed by atoms with van der Waals surface area (Å²) in [5, 5.41) is 18.0. The zero-order valence-corrected chi connectivity index (χ0v) is 7.03. The van der Waals surface area contributed by atoms with E-state index in [1.807, 2.05) is 0 Å². The number of aliphatic hydroxyl groups is 1. The van der Waals surface area contributed by atoms with Crippen LogP contribution in [0.2, 0.25) is 0 Å². The van der Waals surface area contributed by atoms with E-state index in [-0.39, 0.29) is 0 Å². The number of rotatable bonds is 3. The van der Waals surface area contributed by atoms with Gasteiger partial charge < -0.3 is 15.9 Å². The average molecular weight is 161 g/mol. The lowest BCUT2D eigenvalue weighted by Crippen LogP contribution is -2.47. The summed E-state index contributed by atoms with van der Waals surface area (Å²) in [6, 6.07) is -0.527. The Labute approximate surface area is 66.0 Å². The van der Waals surface area contributed by atoms with Crippen LogP contribution in [0.4, 0.5) is 0 Å². The van der Waals surface area contributed by atoms with Gasteiger partial charge in [0.1, 0.15) is 0 Å². The van der Waals surface area contributed by atoms with E-state index in [4.69, 9.17) is 10.8 Å². The van der Waals surface area contributed by atoms with Gasteiger partial charge in [-0.05, 0) is 20.8 Å². The highest BCUT2D eigenvalue weighted by Crippen LogP contribution is 2.22. The summed E-state index contributed by atoms with van der Waals surface area (Å²) >= 11 is 0. The molecule has 0 aliphatic heterocycles. The number of aliphatic hydroxyl groups excluding tert-OH is 1. The fraction of sp³-hybridized carbons (Fsp3) is 0.857. The van der Waals surface area contributed by atoms with Crippen LogP contribution in [0, 0.1) is 5.41 Å². The summed E-state index contributed by atoms with van der Waals surface area (Å²) < 4.78 is 0. The number of aliphatic carboxylic acids is 1. The van der Waals surface area contributed by atoms with Crippen molar-refractivity contribution in [3.05, 3.63) is 0 Å². The first-order valence-corrected chi connectivity index (χ1v) is 3.47. The normalized spacial score (nSPS) is 17.5. The topological polar surface area (TPSA) is 83.5 Å². The largest absolute Gasteiger partial charge is 0.481 e. The van der Waals surface area contributed by atoms with Gasteiger partial charge in [0, 0.05) is 6.04 Å². The summed E-state index contributed by atoms with van der Waals surface area (Å²) in [6.07, 6.45) is -1.01. The Morgan fingerprint density at radius 1 is 1.55 bits per heavy atom. The summed E-state index contributed by atoms with van der Waals surface area (Å²) in [5.41, 5.74) is 4.17. The van der Waals surface area contributed by atoms with Gasteiger partial charge in [0.05, 0.1) is 11.5 Å². The fourth-order valence-corrected chi connectivity index (χ4v) is 0.784. The van der Waals surface area contributed by atoms with Gasteiger partial charge in [-0.2, -0.15) is 0 Å². The lowest BCUT2D eigenvalue weighted by atomic mass is 9.83. The van der Waals surface area contributed by atoms with Gasteiger partial charge in [-0.25, -0.2) is 0 Å². The van der Waals surface area contributed by atoms with Crippen LogP contribution < -0.4 is 5.73 Å². The molecular weight excluding hydrogens is 146 g/mol. The maximum atomic E-state index is 10.6. The summed E-state index contributed by atoms with van der Waals surface area (Å²) in [6.45, 7) is 4.47. The molecule has 1 unspecified atom stereocenters. The smallest absolute Gasteiger partial charge is 0.311 e. The number of carbonyl (C=O) groups is 1. The third-order valence-corrected chi connectivity index (χ3v) is 1.79. The first-order valence-electron chi connectivity index (χ1n) is 3.47. The maximum Gasteiger partial charge on any atom is 0.311 e. The lowest BCUT2D eigenvalue weighted by Gasteiger charge is -2.28. The molecule has 4 nitrogen and oxygen atoms in total. The van der Waals surface area contributed by atoms with Gasteiger partial charge in [0.2, 0.25) is 0 Å². The third kappa shape index (κ3) is 2.17. The van der Waals surface area contributed by atoms with E-state index in [9.17, 15) is 9.90 Å². The predicted molar refractivity (Wildman–Crippen MR) is 41.1 cm³/mol. The number of hydrogen-bond donors (Lipinski definition) is 3. The summed E-state index contributed by atoms with van der Waals surface area (Å²) in [5.74, 6) is -1.04. The fourth-order valence-electron chi connectivity index (χ4n) is 0.784. The highest BCUT2D eigenvalue weighted by molar-refractivity contribution is 5.74. The van der Waals surface area contributed by atoms with Crippen LogP contribution >= 0.6 is 0 Å². The maximum absolute atomic E-state index is 10.6. The van der Waals surface area contributed by atoms with E-state index in [0.717, 1.165) is 0 Å². The van der Waals surface area contributed by atoms with Crippen molar-refractivity contribution in [2.75, 3.05) is 0 Å². The van der Waals surface area contributed by atoms with Gasteiger partial charge in [0.25, 0.3) is 0 Å². The monoisotopic (exact) mass is 161 g/mol. The molecule has 0 aromatic carbocycles. The van der Waals surface area contributed by atoms with Gasteiger partial charge in [-0.15, -0.1) is 0 Å². The minimum atomic E-state index is -1.17. The highest BCUT2D eigenvalue weighted by atomic mass is 16.4. The molecular formula is C7H15NO3. The molecule has 4 N–H and O–H groups in total. The predicted octanol–water partition coefficient (Wildman–Crippen LogP) is -0.195. The van der Waals surface area contributed by atoms with Gasteiger partial charge >= 0.3 is 5.97 Å². The molecule has 0 fully saturated rings. The minimum Gasteiger partial charge on any atom is -0.481 e. The van der Waals surface area contributed by atoms with Crippen LogP contribution in [-0.2, 0) is 4.79 Å². The molecule has 11 heavy (non-hydrogen) atoms. The quantitative estimate of drug-likeness (QED) is 0.535. The second kappa shape index (κ2) is 3.19. The van der Waals surface area contributed by atoms with Gasteiger partial charge in [-0.3, -0.25) is 4.79 Å². The van der Waals surface area contributed by atoms with Crippen LogP contribution in [0.1, 0.15) is 20.8 Å². The Morgan fingerprint density at radius 3 is 2.00 bits per heavy atom. The van der Waals surface area contributed by atoms with Crippen molar-refractivity contribution in [3.63, 3.8) is 0 Å². The SMILES string of the molecule is C[C@H](N)C(O)C(C)(C)C(=O)O. The zero-order chi connectivity index (χ0) is 9.23. The van der Waals surface area contributed by atoms with E-state index in [2.05, 4.69) is 0 Å². The number of hydrogen-bond acceptors (Lipinski definition) is 3. The van der Waals surface area contributed by atoms with Crippen molar-refractivity contribution in [2.45, 2.75) is 32.9 Å². The second-order valence-electron chi connectivity index (χ2n) is 3.33. The molecule has 0 rings (SSSR count). The second-order valence-corrected chi connectivity index (χ2v) is 3.33. The molecule has 0 aliphatic carbocycles. The Bertz CT molecular complexity index is 154. The van der Waals surface area contributed by atoms with Crippen molar-refractivity contribution < 1.29 is 15.0 Å². The molecule has 66 valence electrons. The first-order chi connectivity index (χ1) is 4.80. The molecule has 2 atom stereocenters. The van der Waals surface area contributed by atoms with E-state index >= 15 is 0 Å². The number of nitrogens with two attached hydrogens (primary N) is 1. The van der Waals surface area contributed by atoms with E-state index < -0.39 is 23.5 Å². The molecule has 0 bridgehead atoms. The molecule has 0 amide bonds. The molecule has 0 saturated carbocycles. The molecule has 0 radical (unpaired) electrons. The first kappa shape index (κ1) is 10.4. The molecule has 0 saturated heterocycles. The molecule has 0 aliphatic rings. The lowest BCUT2D eigenvalue weighted by molar-refractivity contribution is -0.154. The Kier molecular flexibility index (Phi) is 3.02. The van der Waals surface area contributed by atoms with Crippen molar-refractivity contribution in [1.29, 1.82) is 0 Å². The number of carboxylic acids is 1. The average Bonchev–Trinajstić information content (AvgIpc) is 1.85. The summed E-state index contributed by atoms with van der Waals surface area (Å²) in [7, 11) is 0. The molecule has 0 heterocycles.